The lowest BCUT2D eigenvalue weighted by molar-refractivity contribution is 0.746. The average Bonchev–Trinajstić information content (AvgIpc) is 3.31. The number of hydrogen-bond donors (Lipinski definition) is 0. The van der Waals surface area contributed by atoms with Gasteiger partial charge in [-0.3, -0.25) is 0 Å². The van der Waals surface area contributed by atoms with Crippen LogP contribution in [0.3, 0.4) is 0 Å². The fourth-order valence-corrected chi connectivity index (χ4v) is 8.75. The second kappa shape index (κ2) is 6.91. The van der Waals surface area contributed by atoms with E-state index in [0.717, 1.165) is 0 Å². The van der Waals surface area contributed by atoms with Crippen LogP contribution in [0, 0.1) is 13.8 Å². The predicted octanol–water partition coefficient (Wildman–Crippen LogP) is 7.64. The maximum absolute atomic E-state index is 2.36. The smallest absolute Gasteiger partial charge is 0.100 e. The Morgan fingerprint density at radius 1 is 1.00 bits per heavy atom. The topological polar surface area (TPSA) is 0 Å². The lowest BCUT2D eigenvalue weighted by atomic mass is 10.1. The molecule has 2 aromatic heterocycles. The second-order valence-electron chi connectivity index (χ2n) is 6.24. The molecule has 2 unspecified atom stereocenters. The third-order valence-electron chi connectivity index (χ3n) is 4.59. The first kappa shape index (κ1) is 16.8. The Labute approximate surface area is 160 Å². The molecule has 0 nitrogen and oxygen atoms in total. The number of benzene rings is 1. The van der Waals surface area contributed by atoms with E-state index in [2.05, 4.69) is 90.6 Å². The molecule has 4 heteroatoms. The summed E-state index contributed by atoms with van der Waals surface area (Å²) < 4.78 is 0.157. The van der Waals surface area contributed by atoms with E-state index in [9.17, 15) is 0 Å². The molecule has 1 aromatic carbocycles. The van der Waals surface area contributed by atoms with Crippen molar-refractivity contribution in [2.45, 2.75) is 40.9 Å². The quantitative estimate of drug-likeness (QED) is 0.450. The maximum Gasteiger partial charge on any atom is 0.100 e. The highest BCUT2D eigenvalue weighted by atomic mass is 32.2. The summed E-state index contributed by atoms with van der Waals surface area (Å²) in [6.45, 7) is 4.41. The van der Waals surface area contributed by atoms with Crippen LogP contribution in [0.1, 0.15) is 39.0 Å². The molecule has 0 N–H and O–H groups in total. The van der Waals surface area contributed by atoms with Crippen molar-refractivity contribution in [2.75, 3.05) is 0 Å². The van der Waals surface area contributed by atoms with Crippen LogP contribution in [0.15, 0.2) is 58.1 Å². The molecule has 2 atom stereocenters. The van der Waals surface area contributed by atoms with Gasteiger partial charge < -0.3 is 0 Å². The molecule has 0 amide bonds. The third-order valence-corrected chi connectivity index (χ3v) is 10.4. The lowest BCUT2D eigenvalue weighted by Gasteiger charge is -2.27. The Morgan fingerprint density at radius 3 is 2.54 bits per heavy atom. The van der Waals surface area contributed by atoms with Crippen molar-refractivity contribution in [1.29, 1.82) is 0 Å². The molecule has 0 radical (unpaired) electrons. The molecule has 0 aliphatic carbocycles. The molecule has 4 rings (SSSR count). The Morgan fingerprint density at radius 2 is 1.83 bits per heavy atom. The van der Waals surface area contributed by atoms with Gasteiger partial charge in [0.2, 0.25) is 0 Å². The first-order chi connectivity index (χ1) is 11.7. The average molecular weight is 389 g/mol. The summed E-state index contributed by atoms with van der Waals surface area (Å²) >= 11 is 8.03. The summed E-state index contributed by atoms with van der Waals surface area (Å²) in [5, 5.41) is 5.06. The van der Waals surface area contributed by atoms with Crippen molar-refractivity contribution in [2.24, 2.45) is 0 Å². The molecule has 3 aromatic rings. The lowest BCUT2D eigenvalue weighted by Crippen LogP contribution is -2.11. The third kappa shape index (κ3) is 3.22. The molecule has 3 heterocycles. The standard InChI is InChI=1S/C20H20S4/c1-14-7-8-16(13-15(14)2)23-20(19-6-4-12-22-19)10-9-18(24-20)17-5-3-11-21-17/h3-8,11-13,18H,9-10H2,1-2H3. The van der Waals surface area contributed by atoms with Gasteiger partial charge in [0.25, 0.3) is 0 Å². The summed E-state index contributed by atoms with van der Waals surface area (Å²) in [6.07, 6.45) is 2.50. The van der Waals surface area contributed by atoms with Crippen LogP contribution in [-0.2, 0) is 4.08 Å². The Balaban J connectivity index is 1.66. The number of aryl methyl sites for hydroxylation is 2. The van der Waals surface area contributed by atoms with Crippen LogP contribution in [0.5, 0.6) is 0 Å². The van der Waals surface area contributed by atoms with E-state index in [1.54, 1.807) is 0 Å². The molecule has 0 spiro atoms. The molecule has 1 saturated heterocycles. The van der Waals surface area contributed by atoms with Gasteiger partial charge in [-0.25, -0.2) is 0 Å². The van der Waals surface area contributed by atoms with Crippen LogP contribution in [0.2, 0.25) is 0 Å². The molecule has 1 aliphatic heterocycles. The summed E-state index contributed by atoms with van der Waals surface area (Å²) in [4.78, 5) is 4.43. The Kier molecular flexibility index (Phi) is 4.83. The SMILES string of the molecule is Cc1ccc(SC2(c3cccs3)CCC(c3cccs3)S2)cc1C. The van der Waals surface area contributed by atoms with Gasteiger partial charge in [-0.2, -0.15) is 0 Å². The molecule has 1 fully saturated rings. The van der Waals surface area contributed by atoms with E-state index in [0.29, 0.717) is 5.25 Å². The van der Waals surface area contributed by atoms with Gasteiger partial charge in [0, 0.05) is 19.9 Å². The van der Waals surface area contributed by atoms with Gasteiger partial charge in [-0.1, -0.05) is 18.2 Å². The zero-order chi connectivity index (χ0) is 16.6. The highest BCUT2D eigenvalue weighted by Gasteiger charge is 2.44. The van der Waals surface area contributed by atoms with Crippen LogP contribution < -0.4 is 0 Å². The number of hydrogen-bond acceptors (Lipinski definition) is 4. The minimum atomic E-state index is 0.157. The summed E-state index contributed by atoms with van der Waals surface area (Å²) in [6, 6.07) is 15.9. The van der Waals surface area contributed by atoms with Crippen LogP contribution in [0.25, 0.3) is 0 Å². The van der Waals surface area contributed by atoms with Crippen molar-refractivity contribution < 1.29 is 0 Å². The monoisotopic (exact) mass is 388 g/mol. The van der Waals surface area contributed by atoms with E-state index >= 15 is 0 Å². The number of rotatable bonds is 4. The second-order valence-corrected chi connectivity index (χ2v) is 11.3. The van der Waals surface area contributed by atoms with Gasteiger partial charge in [-0.05, 0) is 72.8 Å². The van der Waals surface area contributed by atoms with E-state index in [1.165, 1.54) is 38.6 Å². The zero-order valence-electron chi connectivity index (χ0n) is 13.8. The molecular weight excluding hydrogens is 368 g/mol. The minimum Gasteiger partial charge on any atom is -0.148 e. The highest BCUT2D eigenvalue weighted by molar-refractivity contribution is 8.18. The van der Waals surface area contributed by atoms with Gasteiger partial charge in [-0.15, -0.1) is 46.2 Å². The molecule has 1 aliphatic rings. The minimum absolute atomic E-state index is 0.157. The largest absolute Gasteiger partial charge is 0.148 e. The molecule has 0 saturated carbocycles. The first-order valence-electron chi connectivity index (χ1n) is 8.18. The van der Waals surface area contributed by atoms with E-state index in [4.69, 9.17) is 0 Å². The number of thiophene rings is 2. The van der Waals surface area contributed by atoms with Crippen molar-refractivity contribution in [3.05, 3.63) is 74.1 Å². The van der Waals surface area contributed by atoms with E-state index in [-0.39, 0.29) is 4.08 Å². The van der Waals surface area contributed by atoms with E-state index in [1.807, 2.05) is 22.7 Å². The van der Waals surface area contributed by atoms with Crippen molar-refractivity contribution in [3.63, 3.8) is 0 Å². The maximum atomic E-state index is 2.36. The van der Waals surface area contributed by atoms with Crippen LogP contribution >= 0.6 is 46.2 Å². The molecule has 124 valence electrons. The van der Waals surface area contributed by atoms with E-state index < -0.39 is 0 Å². The predicted molar refractivity (Wildman–Crippen MR) is 112 cm³/mol. The summed E-state index contributed by atoms with van der Waals surface area (Å²) in [5.41, 5.74) is 2.76. The van der Waals surface area contributed by atoms with Crippen LogP contribution in [-0.4, -0.2) is 0 Å². The summed E-state index contributed by atoms with van der Waals surface area (Å²) in [7, 11) is 0. The van der Waals surface area contributed by atoms with Gasteiger partial charge in [0.1, 0.15) is 4.08 Å². The molecule has 24 heavy (non-hydrogen) atoms. The van der Waals surface area contributed by atoms with Crippen molar-refractivity contribution in [1.82, 2.24) is 0 Å². The number of thioether (sulfide) groups is 2. The zero-order valence-corrected chi connectivity index (χ0v) is 17.1. The fraction of sp³-hybridized carbons (Fsp3) is 0.300. The van der Waals surface area contributed by atoms with Gasteiger partial charge in [0.15, 0.2) is 0 Å². The Bertz CT molecular complexity index is 804. The highest BCUT2D eigenvalue weighted by Crippen LogP contribution is 2.65. The molecule has 0 bridgehead atoms. The van der Waals surface area contributed by atoms with Crippen molar-refractivity contribution in [3.8, 4) is 0 Å². The first-order valence-corrected chi connectivity index (χ1v) is 11.6. The van der Waals surface area contributed by atoms with Gasteiger partial charge >= 0.3 is 0 Å². The Hall–Kier alpha value is -0.680. The van der Waals surface area contributed by atoms with Gasteiger partial charge in [0.05, 0.1) is 0 Å². The fourth-order valence-electron chi connectivity index (χ4n) is 3.11. The molecular formula is C20H20S4. The van der Waals surface area contributed by atoms with Crippen molar-refractivity contribution >= 4 is 46.2 Å². The normalized spacial score (nSPS) is 23.7. The summed E-state index contributed by atoms with van der Waals surface area (Å²) in [5.74, 6) is 0. The van der Waals surface area contributed by atoms with Crippen LogP contribution in [0.4, 0.5) is 0 Å².